The highest BCUT2D eigenvalue weighted by atomic mass is 19.1. The van der Waals surface area contributed by atoms with E-state index in [9.17, 15) is 9.18 Å². The van der Waals surface area contributed by atoms with Gasteiger partial charge in [-0.25, -0.2) is 4.39 Å². The zero-order chi connectivity index (χ0) is 18.8. The van der Waals surface area contributed by atoms with Gasteiger partial charge in [-0.1, -0.05) is 17.3 Å². The molecule has 3 heterocycles. The first-order valence-corrected chi connectivity index (χ1v) is 9.40. The van der Waals surface area contributed by atoms with Crippen LogP contribution in [0.1, 0.15) is 18.1 Å². The van der Waals surface area contributed by atoms with Crippen molar-refractivity contribution >= 4 is 11.6 Å². The predicted octanol–water partition coefficient (Wildman–Crippen LogP) is 1.69. The Hall–Kier alpha value is -2.48. The Balaban J connectivity index is 1.29. The van der Waals surface area contributed by atoms with Crippen LogP contribution in [0.25, 0.3) is 0 Å². The lowest BCUT2D eigenvalue weighted by atomic mass is 10.1. The van der Waals surface area contributed by atoms with E-state index in [4.69, 9.17) is 4.52 Å². The number of hydrogen-bond acceptors (Lipinski definition) is 6. The van der Waals surface area contributed by atoms with E-state index in [1.165, 1.54) is 6.07 Å². The average Bonchev–Trinajstić information content (AvgIpc) is 3.31. The summed E-state index contributed by atoms with van der Waals surface area (Å²) in [5.74, 6) is 1.15. The molecule has 0 bridgehead atoms. The lowest BCUT2D eigenvalue weighted by molar-refractivity contribution is -0.136. The molecule has 0 radical (unpaired) electrons. The molecule has 27 heavy (non-hydrogen) atoms. The summed E-state index contributed by atoms with van der Waals surface area (Å²) in [6.07, 6.45) is 0.772. The molecule has 0 spiro atoms. The molecule has 2 saturated heterocycles. The maximum atomic E-state index is 14.0. The molecule has 2 aliphatic heterocycles. The Morgan fingerprint density at radius 1 is 1.22 bits per heavy atom. The number of nitrogens with zero attached hydrogens (tertiary/aromatic N) is 5. The molecule has 1 unspecified atom stereocenters. The molecular formula is C19H24FN5O2. The highest BCUT2D eigenvalue weighted by Gasteiger charge is 2.33. The molecule has 7 nitrogen and oxygen atoms in total. The second kappa shape index (κ2) is 7.64. The summed E-state index contributed by atoms with van der Waals surface area (Å²) in [6, 6.07) is 6.76. The number of anilines is 1. The van der Waals surface area contributed by atoms with Crippen molar-refractivity contribution < 1.29 is 13.7 Å². The van der Waals surface area contributed by atoms with Crippen molar-refractivity contribution in [3.05, 3.63) is 41.8 Å². The Morgan fingerprint density at radius 3 is 2.70 bits per heavy atom. The number of piperazine rings is 1. The van der Waals surface area contributed by atoms with Gasteiger partial charge in [0.1, 0.15) is 5.82 Å². The van der Waals surface area contributed by atoms with Crippen LogP contribution in [0, 0.1) is 18.7 Å². The molecule has 1 amide bonds. The van der Waals surface area contributed by atoms with E-state index >= 15 is 0 Å². The minimum absolute atomic E-state index is 0.0604. The molecule has 0 N–H and O–H groups in total. The van der Waals surface area contributed by atoms with E-state index in [0.717, 1.165) is 19.5 Å². The fourth-order valence-electron chi connectivity index (χ4n) is 3.87. The topological polar surface area (TPSA) is 65.7 Å². The summed E-state index contributed by atoms with van der Waals surface area (Å²) < 4.78 is 19.2. The van der Waals surface area contributed by atoms with E-state index < -0.39 is 0 Å². The lowest BCUT2D eigenvalue weighted by Gasteiger charge is -2.35. The van der Waals surface area contributed by atoms with Crippen LogP contribution in [-0.4, -0.2) is 65.1 Å². The molecule has 4 rings (SSSR count). The summed E-state index contributed by atoms with van der Waals surface area (Å²) >= 11 is 0. The third-order valence-electron chi connectivity index (χ3n) is 5.34. The standard InChI is InChI=1S/C19H24FN5O2/c1-14-21-18(27-22-14)13-23-8-10-24(11-9-23)19(26)15-6-7-25(12-15)17-5-3-2-4-16(17)20/h2-5,15H,6-13H2,1H3. The minimum Gasteiger partial charge on any atom is -0.368 e. The van der Waals surface area contributed by atoms with Gasteiger partial charge in [0.2, 0.25) is 11.8 Å². The molecule has 2 aliphatic rings. The summed E-state index contributed by atoms with van der Waals surface area (Å²) in [5.41, 5.74) is 0.590. The van der Waals surface area contributed by atoms with Gasteiger partial charge in [0.15, 0.2) is 5.82 Å². The average molecular weight is 373 g/mol. The number of hydrogen-bond donors (Lipinski definition) is 0. The normalized spacial score (nSPS) is 21.0. The van der Waals surface area contributed by atoms with E-state index in [0.29, 0.717) is 50.1 Å². The van der Waals surface area contributed by atoms with Crippen molar-refractivity contribution in [2.45, 2.75) is 19.9 Å². The quantitative estimate of drug-likeness (QED) is 0.813. The summed E-state index contributed by atoms with van der Waals surface area (Å²) in [7, 11) is 0. The number of halogens is 1. The van der Waals surface area contributed by atoms with Crippen molar-refractivity contribution in [2.75, 3.05) is 44.2 Å². The van der Waals surface area contributed by atoms with Gasteiger partial charge in [-0.3, -0.25) is 9.69 Å². The summed E-state index contributed by atoms with van der Waals surface area (Å²) in [6.45, 7) is 6.69. The Bertz CT molecular complexity index is 803. The minimum atomic E-state index is -0.226. The third-order valence-corrected chi connectivity index (χ3v) is 5.34. The van der Waals surface area contributed by atoms with Gasteiger partial charge in [0.05, 0.1) is 18.2 Å². The predicted molar refractivity (Wildman–Crippen MR) is 97.6 cm³/mol. The van der Waals surface area contributed by atoms with Crippen molar-refractivity contribution in [2.24, 2.45) is 5.92 Å². The van der Waals surface area contributed by atoms with Crippen molar-refractivity contribution in [1.29, 1.82) is 0 Å². The van der Waals surface area contributed by atoms with Crippen LogP contribution in [0.2, 0.25) is 0 Å². The number of aryl methyl sites for hydroxylation is 1. The lowest BCUT2D eigenvalue weighted by Crippen LogP contribution is -2.50. The van der Waals surface area contributed by atoms with E-state index in [2.05, 4.69) is 15.0 Å². The van der Waals surface area contributed by atoms with Gasteiger partial charge in [-0.2, -0.15) is 4.98 Å². The summed E-state index contributed by atoms with van der Waals surface area (Å²) in [4.78, 5) is 23.2. The maximum Gasteiger partial charge on any atom is 0.240 e. The van der Waals surface area contributed by atoms with Crippen molar-refractivity contribution in [3.8, 4) is 0 Å². The van der Waals surface area contributed by atoms with E-state index in [1.54, 1.807) is 19.1 Å². The molecule has 1 aromatic heterocycles. The Labute approximate surface area is 157 Å². The van der Waals surface area contributed by atoms with E-state index in [-0.39, 0.29) is 17.6 Å². The van der Waals surface area contributed by atoms with Crippen LogP contribution in [0.3, 0.4) is 0 Å². The molecule has 2 fully saturated rings. The molecule has 1 atom stereocenters. The van der Waals surface area contributed by atoms with Gasteiger partial charge < -0.3 is 14.3 Å². The number of rotatable bonds is 4. The van der Waals surface area contributed by atoms with Gasteiger partial charge in [-0.15, -0.1) is 0 Å². The van der Waals surface area contributed by atoms with Crippen LogP contribution in [0.5, 0.6) is 0 Å². The number of carbonyl (C=O) groups is 1. The van der Waals surface area contributed by atoms with Crippen molar-refractivity contribution in [1.82, 2.24) is 19.9 Å². The van der Waals surface area contributed by atoms with Crippen molar-refractivity contribution in [3.63, 3.8) is 0 Å². The first-order chi connectivity index (χ1) is 13.1. The van der Waals surface area contributed by atoms with Crippen LogP contribution < -0.4 is 4.90 Å². The number of amides is 1. The first-order valence-electron chi connectivity index (χ1n) is 9.40. The number of para-hydroxylation sites is 1. The van der Waals surface area contributed by atoms with Crippen LogP contribution >= 0.6 is 0 Å². The van der Waals surface area contributed by atoms with Gasteiger partial charge >= 0.3 is 0 Å². The highest BCUT2D eigenvalue weighted by molar-refractivity contribution is 5.80. The molecule has 2 aromatic rings. The fraction of sp³-hybridized carbons (Fsp3) is 0.526. The Kier molecular flexibility index (Phi) is 5.07. The molecular weight excluding hydrogens is 349 g/mol. The first kappa shape index (κ1) is 17.9. The fourth-order valence-corrected chi connectivity index (χ4v) is 3.87. The molecule has 1 aromatic carbocycles. The third kappa shape index (κ3) is 3.95. The largest absolute Gasteiger partial charge is 0.368 e. The molecule has 0 saturated carbocycles. The van der Waals surface area contributed by atoms with Crippen LogP contribution in [0.15, 0.2) is 28.8 Å². The number of aromatic nitrogens is 2. The monoisotopic (exact) mass is 373 g/mol. The molecule has 144 valence electrons. The number of carbonyl (C=O) groups excluding carboxylic acids is 1. The second-order valence-electron chi connectivity index (χ2n) is 7.22. The highest BCUT2D eigenvalue weighted by Crippen LogP contribution is 2.27. The van der Waals surface area contributed by atoms with Crippen LogP contribution in [-0.2, 0) is 11.3 Å². The SMILES string of the molecule is Cc1noc(CN2CCN(C(=O)C3CCN(c4ccccc4F)C3)CC2)n1. The summed E-state index contributed by atoms with van der Waals surface area (Å²) in [5, 5.41) is 3.81. The van der Waals surface area contributed by atoms with Crippen LogP contribution in [0.4, 0.5) is 10.1 Å². The van der Waals surface area contributed by atoms with Gasteiger partial charge in [0, 0.05) is 39.3 Å². The zero-order valence-corrected chi connectivity index (χ0v) is 15.5. The van der Waals surface area contributed by atoms with E-state index in [1.807, 2.05) is 15.9 Å². The molecule has 0 aliphatic carbocycles. The maximum absolute atomic E-state index is 14.0. The molecule has 8 heteroatoms. The number of benzene rings is 1. The van der Waals surface area contributed by atoms with Gasteiger partial charge in [-0.05, 0) is 25.5 Å². The Morgan fingerprint density at radius 2 is 2.00 bits per heavy atom. The van der Waals surface area contributed by atoms with Gasteiger partial charge in [0.25, 0.3) is 0 Å². The zero-order valence-electron chi connectivity index (χ0n) is 15.5. The smallest absolute Gasteiger partial charge is 0.240 e. The second-order valence-corrected chi connectivity index (χ2v) is 7.22.